The second-order valence-corrected chi connectivity index (χ2v) is 2.97. The zero-order valence-electron chi connectivity index (χ0n) is 8.30. The number of nitrogens with zero attached hydrogens (tertiary/aromatic N) is 2. The van der Waals surface area contributed by atoms with Crippen molar-refractivity contribution in [3.63, 3.8) is 0 Å². The zero-order valence-corrected chi connectivity index (χ0v) is 9.12. The Kier molecular flexibility index (Phi) is 5.28. The van der Waals surface area contributed by atoms with E-state index in [9.17, 15) is 0 Å². The molecule has 0 aliphatic rings. The Hall–Kier alpha value is -1.53. The fourth-order valence-corrected chi connectivity index (χ4v) is 0.898. The lowest BCUT2D eigenvalue weighted by molar-refractivity contribution is 0.192. The third-order valence-corrected chi connectivity index (χ3v) is 1.66. The molecule has 0 aliphatic heterocycles. The van der Waals surface area contributed by atoms with Crippen LogP contribution in [0.3, 0.4) is 0 Å². The molecule has 0 unspecified atom stereocenters. The van der Waals surface area contributed by atoms with Gasteiger partial charge in [-0.25, -0.2) is 0 Å². The third kappa shape index (κ3) is 5.04. The van der Waals surface area contributed by atoms with Gasteiger partial charge in [0.1, 0.15) is 6.73 Å². The standard InChI is InChI=1S/C9H12N4OS/c1-14-7-11-9(15)13-12-6-8-4-2-3-5-10-8/h2-6H,7H2,1H3,(H2,11,13,15). The monoisotopic (exact) mass is 224 g/mol. The highest BCUT2D eigenvalue weighted by atomic mass is 32.1. The molecule has 1 aromatic heterocycles. The average Bonchev–Trinajstić information content (AvgIpc) is 2.28. The minimum atomic E-state index is 0.352. The van der Waals surface area contributed by atoms with Crippen molar-refractivity contribution in [2.45, 2.75) is 0 Å². The van der Waals surface area contributed by atoms with Crippen molar-refractivity contribution in [2.24, 2.45) is 5.10 Å². The number of hydrazone groups is 1. The molecule has 0 saturated carbocycles. The number of rotatable bonds is 4. The predicted molar refractivity (Wildman–Crippen MR) is 62.6 cm³/mol. The van der Waals surface area contributed by atoms with Crippen LogP contribution in [0.1, 0.15) is 5.69 Å². The lowest BCUT2D eigenvalue weighted by Crippen LogP contribution is -2.33. The molecule has 80 valence electrons. The molecule has 0 radical (unpaired) electrons. The quantitative estimate of drug-likeness (QED) is 0.337. The lowest BCUT2D eigenvalue weighted by atomic mass is 10.4. The molecule has 5 nitrogen and oxygen atoms in total. The highest BCUT2D eigenvalue weighted by Gasteiger charge is 1.90. The number of methoxy groups -OCH3 is 1. The second-order valence-electron chi connectivity index (χ2n) is 2.56. The van der Waals surface area contributed by atoms with Gasteiger partial charge in [0, 0.05) is 13.3 Å². The van der Waals surface area contributed by atoms with Gasteiger partial charge in [-0.2, -0.15) is 5.10 Å². The van der Waals surface area contributed by atoms with Gasteiger partial charge in [0.05, 0.1) is 11.9 Å². The van der Waals surface area contributed by atoms with E-state index in [-0.39, 0.29) is 0 Å². The van der Waals surface area contributed by atoms with E-state index in [2.05, 4.69) is 20.8 Å². The van der Waals surface area contributed by atoms with E-state index in [1.807, 2.05) is 18.2 Å². The first kappa shape index (κ1) is 11.5. The van der Waals surface area contributed by atoms with Crippen LogP contribution in [0.2, 0.25) is 0 Å². The first-order chi connectivity index (χ1) is 7.33. The molecule has 0 aliphatic carbocycles. The summed E-state index contributed by atoms with van der Waals surface area (Å²) < 4.78 is 4.77. The molecule has 0 saturated heterocycles. The van der Waals surface area contributed by atoms with Crippen molar-refractivity contribution in [1.82, 2.24) is 15.7 Å². The topological polar surface area (TPSA) is 58.5 Å². The van der Waals surface area contributed by atoms with E-state index in [1.54, 1.807) is 19.5 Å². The maximum absolute atomic E-state index is 4.90. The first-order valence-electron chi connectivity index (χ1n) is 4.30. The van der Waals surface area contributed by atoms with E-state index in [0.29, 0.717) is 11.8 Å². The number of aromatic nitrogens is 1. The molecule has 0 amide bonds. The van der Waals surface area contributed by atoms with Gasteiger partial charge in [-0.3, -0.25) is 10.4 Å². The van der Waals surface area contributed by atoms with Crippen LogP contribution < -0.4 is 10.7 Å². The van der Waals surface area contributed by atoms with E-state index in [1.165, 1.54) is 0 Å². The van der Waals surface area contributed by atoms with Gasteiger partial charge in [0.2, 0.25) is 0 Å². The van der Waals surface area contributed by atoms with E-state index < -0.39 is 0 Å². The van der Waals surface area contributed by atoms with Crippen LogP contribution in [0, 0.1) is 0 Å². The summed E-state index contributed by atoms with van der Waals surface area (Å²) in [5.41, 5.74) is 3.40. The molecule has 15 heavy (non-hydrogen) atoms. The third-order valence-electron chi connectivity index (χ3n) is 1.43. The molecule has 0 fully saturated rings. The van der Waals surface area contributed by atoms with Gasteiger partial charge >= 0.3 is 0 Å². The Morgan fingerprint density at radius 2 is 2.53 bits per heavy atom. The first-order valence-corrected chi connectivity index (χ1v) is 4.70. The normalized spacial score (nSPS) is 10.2. The van der Waals surface area contributed by atoms with Crippen molar-refractivity contribution in [3.8, 4) is 0 Å². The summed E-state index contributed by atoms with van der Waals surface area (Å²) in [4.78, 5) is 4.06. The Balaban J connectivity index is 2.31. The fraction of sp³-hybridized carbons (Fsp3) is 0.222. The van der Waals surface area contributed by atoms with Gasteiger partial charge < -0.3 is 10.1 Å². The van der Waals surface area contributed by atoms with Crippen molar-refractivity contribution >= 4 is 23.5 Å². The maximum atomic E-state index is 4.90. The Bertz CT molecular complexity index is 328. The SMILES string of the molecule is COCNC(=S)NN=Cc1ccccn1. The number of pyridine rings is 1. The largest absolute Gasteiger partial charge is 0.365 e. The summed E-state index contributed by atoms with van der Waals surface area (Å²) in [7, 11) is 1.58. The van der Waals surface area contributed by atoms with Crippen LogP contribution in [0.25, 0.3) is 0 Å². The number of hydrogen-bond acceptors (Lipinski definition) is 4. The summed E-state index contributed by atoms with van der Waals surface area (Å²) in [5, 5.41) is 7.09. The summed E-state index contributed by atoms with van der Waals surface area (Å²) in [5.74, 6) is 0. The molecule has 1 rings (SSSR count). The van der Waals surface area contributed by atoms with Gasteiger partial charge in [0.15, 0.2) is 5.11 Å². The number of ether oxygens (including phenoxy) is 1. The average molecular weight is 224 g/mol. The summed E-state index contributed by atoms with van der Waals surface area (Å²) in [6.07, 6.45) is 3.28. The predicted octanol–water partition coefficient (Wildman–Crippen LogP) is 0.483. The smallest absolute Gasteiger partial charge is 0.188 e. The van der Waals surface area contributed by atoms with Crippen LogP contribution in [-0.2, 0) is 4.74 Å². The maximum Gasteiger partial charge on any atom is 0.188 e. The molecular formula is C9H12N4OS. The Morgan fingerprint density at radius 1 is 1.67 bits per heavy atom. The molecule has 2 N–H and O–H groups in total. The van der Waals surface area contributed by atoms with Crippen molar-refractivity contribution in [3.05, 3.63) is 30.1 Å². The zero-order chi connectivity index (χ0) is 10.9. The molecule has 0 bridgehead atoms. The minimum Gasteiger partial charge on any atom is -0.365 e. The second kappa shape index (κ2) is 6.86. The van der Waals surface area contributed by atoms with E-state index >= 15 is 0 Å². The number of thiocarbonyl (C=S) groups is 1. The molecule has 6 heteroatoms. The molecule has 1 heterocycles. The van der Waals surface area contributed by atoms with Crippen LogP contribution in [-0.4, -0.2) is 30.2 Å². The van der Waals surface area contributed by atoms with Crippen molar-refractivity contribution in [2.75, 3.05) is 13.8 Å². The Labute approximate surface area is 93.5 Å². The number of hydrogen-bond donors (Lipinski definition) is 2. The van der Waals surface area contributed by atoms with E-state index in [0.717, 1.165) is 5.69 Å². The molecule has 0 atom stereocenters. The molecule has 0 spiro atoms. The highest BCUT2D eigenvalue weighted by molar-refractivity contribution is 7.80. The van der Waals surface area contributed by atoms with Crippen LogP contribution >= 0.6 is 12.2 Å². The van der Waals surface area contributed by atoms with Crippen molar-refractivity contribution < 1.29 is 4.74 Å². The fourth-order valence-electron chi connectivity index (χ4n) is 0.787. The van der Waals surface area contributed by atoms with Crippen molar-refractivity contribution in [1.29, 1.82) is 0 Å². The van der Waals surface area contributed by atoms with Gasteiger partial charge in [0.25, 0.3) is 0 Å². The van der Waals surface area contributed by atoms with Gasteiger partial charge in [-0.1, -0.05) is 6.07 Å². The number of nitrogens with one attached hydrogen (secondary N) is 2. The van der Waals surface area contributed by atoms with Gasteiger partial charge in [-0.15, -0.1) is 0 Å². The van der Waals surface area contributed by atoms with Crippen LogP contribution in [0.4, 0.5) is 0 Å². The molecular weight excluding hydrogens is 212 g/mol. The minimum absolute atomic E-state index is 0.352. The van der Waals surface area contributed by atoms with Gasteiger partial charge in [-0.05, 0) is 24.4 Å². The van der Waals surface area contributed by atoms with E-state index in [4.69, 9.17) is 17.0 Å². The summed E-state index contributed by atoms with van der Waals surface area (Å²) >= 11 is 4.90. The van der Waals surface area contributed by atoms with Crippen LogP contribution in [0.5, 0.6) is 0 Å². The lowest BCUT2D eigenvalue weighted by Gasteiger charge is -2.04. The summed E-state index contributed by atoms with van der Waals surface area (Å²) in [6.45, 7) is 0.352. The molecule has 0 aromatic carbocycles. The summed E-state index contributed by atoms with van der Waals surface area (Å²) in [6, 6.07) is 5.57. The molecule has 1 aromatic rings. The highest BCUT2D eigenvalue weighted by Crippen LogP contribution is 1.87. The Morgan fingerprint density at radius 3 is 3.20 bits per heavy atom. The van der Waals surface area contributed by atoms with Crippen LogP contribution in [0.15, 0.2) is 29.5 Å².